The van der Waals surface area contributed by atoms with E-state index in [9.17, 15) is 4.39 Å². The van der Waals surface area contributed by atoms with E-state index in [1.165, 1.54) is 12.1 Å². The molecule has 6 heteroatoms. The molecular formula is C13H12BrClFN3. The second kappa shape index (κ2) is 6.43. The van der Waals surface area contributed by atoms with Crippen molar-refractivity contribution in [3.8, 4) is 0 Å². The number of halogens is 3. The minimum Gasteiger partial charge on any atom is -0.271 e. The zero-order chi connectivity index (χ0) is 13.8. The summed E-state index contributed by atoms with van der Waals surface area (Å²) in [6.07, 6.45) is 2.03. The topological polar surface area (TPSA) is 50.9 Å². The van der Waals surface area contributed by atoms with E-state index in [2.05, 4.69) is 26.3 Å². The van der Waals surface area contributed by atoms with Crippen LogP contribution in [-0.4, -0.2) is 4.98 Å². The van der Waals surface area contributed by atoms with Crippen LogP contribution in [0.25, 0.3) is 0 Å². The first kappa shape index (κ1) is 14.4. The number of aromatic nitrogens is 1. The quantitative estimate of drug-likeness (QED) is 0.660. The minimum absolute atomic E-state index is 0.302. The van der Waals surface area contributed by atoms with E-state index in [4.69, 9.17) is 17.4 Å². The lowest BCUT2D eigenvalue weighted by molar-refractivity contribution is 0.517. The van der Waals surface area contributed by atoms with Crippen molar-refractivity contribution in [3.63, 3.8) is 0 Å². The van der Waals surface area contributed by atoms with Gasteiger partial charge in [-0.25, -0.2) is 4.39 Å². The molecule has 0 aliphatic carbocycles. The molecule has 0 aliphatic heterocycles. The van der Waals surface area contributed by atoms with Gasteiger partial charge in [-0.15, -0.1) is 0 Å². The first-order valence-corrected chi connectivity index (χ1v) is 6.79. The van der Waals surface area contributed by atoms with Gasteiger partial charge in [0.1, 0.15) is 5.82 Å². The van der Waals surface area contributed by atoms with Crippen LogP contribution in [0, 0.1) is 5.82 Å². The molecule has 1 unspecified atom stereocenters. The average molecular weight is 345 g/mol. The van der Waals surface area contributed by atoms with Crippen LogP contribution in [0.2, 0.25) is 5.02 Å². The van der Waals surface area contributed by atoms with Crippen molar-refractivity contribution in [2.75, 3.05) is 0 Å². The van der Waals surface area contributed by atoms with Gasteiger partial charge in [0, 0.05) is 15.7 Å². The van der Waals surface area contributed by atoms with Gasteiger partial charge in [-0.1, -0.05) is 11.6 Å². The Kier molecular flexibility index (Phi) is 4.87. The van der Waals surface area contributed by atoms with Gasteiger partial charge in [-0.3, -0.25) is 16.3 Å². The molecule has 1 aromatic heterocycles. The molecule has 0 bridgehead atoms. The summed E-state index contributed by atoms with van der Waals surface area (Å²) in [6.45, 7) is 0. The maximum atomic E-state index is 13.7. The van der Waals surface area contributed by atoms with E-state index in [-0.39, 0.29) is 11.9 Å². The maximum absolute atomic E-state index is 13.7. The Hall–Kier alpha value is -1.01. The molecule has 0 saturated heterocycles. The molecule has 3 nitrogen and oxygen atoms in total. The summed E-state index contributed by atoms with van der Waals surface area (Å²) in [4.78, 5) is 4.25. The first-order valence-electron chi connectivity index (χ1n) is 5.62. The highest BCUT2D eigenvalue weighted by atomic mass is 79.9. The number of nitrogens with two attached hydrogens (primary N) is 1. The Morgan fingerprint density at radius 1 is 1.42 bits per heavy atom. The van der Waals surface area contributed by atoms with Crippen molar-refractivity contribution >= 4 is 27.5 Å². The van der Waals surface area contributed by atoms with Crippen molar-refractivity contribution in [1.29, 1.82) is 0 Å². The lowest BCUT2D eigenvalue weighted by atomic mass is 10.0. The van der Waals surface area contributed by atoms with Gasteiger partial charge in [0.2, 0.25) is 0 Å². The molecule has 100 valence electrons. The van der Waals surface area contributed by atoms with E-state index in [1.807, 2.05) is 6.07 Å². The maximum Gasteiger partial charge on any atom is 0.126 e. The fourth-order valence-corrected chi connectivity index (χ4v) is 2.53. The van der Waals surface area contributed by atoms with Gasteiger partial charge in [0.25, 0.3) is 0 Å². The number of nitrogens with one attached hydrogen (secondary N) is 1. The second-order valence-corrected chi connectivity index (χ2v) is 5.32. The van der Waals surface area contributed by atoms with E-state index in [0.717, 1.165) is 10.2 Å². The summed E-state index contributed by atoms with van der Waals surface area (Å²) in [5, 5.41) is 0.493. The van der Waals surface area contributed by atoms with Gasteiger partial charge in [-0.2, -0.15) is 0 Å². The number of benzene rings is 1. The summed E-state index contributed by atoms with van der Waals surface area (Å²) in [7, 11) is 0. The van der Waals surface area contributed by atoms with Crippen LogP contribution < -0.4 is 11.3 Å². The molecule has 0 aliphatic rings. The predicted octanol–water partition coefficient (Wildman–Crippen LogP) is 3.38. The van der Waals surface area contributed by atoms with E-state index in [0.29, 0.717) is 17.0 Å². The number of hydrogen-bond donors (Lipinski definition) is 2. The Morgan fingerprint density at radius 2 is 2.21 bits per heavy atom. The molecule has 0 amide bonds. The number of nitrogens with zero attached hydrogens (tertiary/aromatic N) is 1. The fraction of sp³-hybridized carbons (Fsp3) is 0.154. The smallest absolute Gasteiger partial charge is 0.126 e. The highest BCUT2D eigenvalue weighted by molar-refractivity contribution is 9.10. The van der Waals surface area contributed by atoms with Crippen LogP contribution in [-0.2, 0) is 6.42 Å². The molecule has 0 fully saturated rings. The lowest BCUT2D eigenvalue weighted by Gasteiger charge is -2.17. The Balaban J connectivity index is 2.29. The largest absolute Gasteiger partial charge is 0.271 e. The average Bonchev–Trinajstić information content (AvgIpc) is 2.41. The van der Waals surface area contributed by atoms with Crippen LogP contribution in [0.1, 0.15) is 17.3 Å². The molecule has 0 radical (unpaired) electrons. The number of pyridine rings is 1. The summed E-state index contributed by atoms with van der Waals surface area (Å²) >= 11 is 9.28. The number of hydrogen-bond acceptors (Lipinski definition) is 3. The summed E-state index contributed by atoms with van der Waals surface area (Å²) in [5.41, 5.74) is 3.87. The summed E-state index contributed by atoms with van der Waals surface area (Å²) in [6, 6.07) is 7.82. The van der Waals surface area contributed by atoms with Crippen molar-refractivity contribution in [2.24, 2.45) is 5.84 Å². The molecule has 0 spiro atoms. The molecule has 1 aromatic carbocycles. The van der Waals surface area contributed by atoms with Crippen molar-refractivity contribution in [2.45, 2.75) is 12.5 Å². The highest BCUT2D eigenvalue weighted by Crippen LogP contribution is 2.25. The van der Waals surface area contributed by atoms with E-state index in [1.54, 1.807) is 18.3 Å². The van der Waals surface area contributed by atoms with Crippen LogP contribution in [0.5, 0.6) is 0 Å². The zero-order valence-corrected chi connectivity index (χ0v) is 12.2. The van der Waals surface area contributed by atoms with Crippen LogP contribution in [0.4, 0.5) is 4.39 Å². The highest BCUT2D eigenvalue weighted by Gasteiger charge is 2.17. The third-order valence-electron chi connectivity index (χ3n) is 2.75. The number of hydrazine groups is 1. The molecule has 1 atom stereocenters. The van der Waals surface area contributed by atoms with Gasteiger partial charge in [-0.05, 0) is 58.2 Å². The molecule has 2 rings (SSSR count). The molecular weight excluding hydrogens is 333 g/mol. The summed E-state index contributed by atoms with van der Waals surface area (Å²) in [5.74, 6) is 5.23. The fourth-order valence-electron chi connectivity index (χ4n) is 1.81. The summed E-state index contributed by atoms with van der Waals surface area (Å²) < 4.78 is 14.5. The van der Waals surface area contributed by atoms with Gasteiger partial charge in [0.05, 0.1) is 11.7 Å². The Bertz CT molecular complexity index is 580. The lowest BCUT2D eigenvalue weighted by Crippen LogP contribution is -2.30. The standard InChI is InChI=1S/C13H12BrClFN3/c14-10-2-1-5-18-13(10)12(19-17)7-8-6-9(15)3-4-11(8)16/h1-6,12,19H,7,17H2. The molecule has 19 heavy (non-hydrogen) atoms. The molecule has 1 heterocycles. The molecule has 0 saturated carbocycles. The van der Waals surface area contributed by atoms with Gasteiger partial charge >= 0.3 is 0 Å². The molecule has 2 aromatic rings. The second-order valence-electron chi connectivity index (χ2n) is 4.03. The van der Waals surface area contributed by atoms with E-state index < -0.39 is 0 Å². The normalized spacial score (nSPS) is 12.4. The Morgan fingerprint density at radius 3 is 2.89 bits per heavy atom. The predicted molar refractivity (Wildman–Crippen MR) is 77.1 cm³/mol. The minimum atomic E-state index is -0.309. The van der Waals surface area contributed by atoms with E-state index >= 15 is 0 Å². The van der Waals surface area contributed by atoms with Gasteiger partial charge < -0.3 is 0 Å². The first-order chi connectivity index (χ1) is 9.11. The zero-order valence-electron chi connectivity index (χ0n) is 9.91. The van der Waals surface area contributed by atoms with Crippen LogP contribution in [0.3, 0.4) is 0 Å². The third-order valence-corrected chi connectivity index (χ3v) is 3.66. The van der Waals surface area contributed by atoms with Crippen molar-refractivity contribution in [1.82, 2.24) is 10.4 Å². The van der Waals surface area contributed by atoms with Crippen molar-refractivity contribution in [3.05, 3.63) is 63.1 Å². The monoisotopic (exact) mass is 343 g/mol. The number of rotatable bonds is 4. The SMILES string of the molecule is NNC(Cc1cc(Cl)ccc1F)c1ncccc1Br. The van der Waals surface area contributed by atoms with Crippen LogP contribution in [0.15, 0.2) is 41.0 Å². The Labute approximate surface area is 124 Å². The van der Waals surface area contributed by atoms with Crippen molar-refractivity contribution < 1.29 is 4.39 Å². The van der Waals surface area contributed by atoms with Gasteiger partial charge in [0.15, 0.2) is 0 Å². The third kappa shape index (κ3) is 3.51. The van der Waals surface area contributed by atoms with Crippen LogP contribution >= 0.6 is 27.5 Å². The molecule has 3 N–H and O–H groups in total.